The van der Waals surface area contributed by atoms with E-state index in [0.717, 1.165) is 16.6 Å². The summed E-state index contributed by atoms with van der Waals surface area (Å²) >= 11 is 1.38. The van der Waals surface area contributed by atoms with E-state index in [-0.39, 0.29) is 0 Å². The molecule has 2 N–H and O–H groups in total. The molecule has 134 valence electrons. The van der Waals surface area contributed by atoms with E-state index in [1.54, 1.807) is 13.2 Å². The van der Waals surface area contributed by atoms with Crippen LogP contribution in [0.3, 0.4) is 0 Å². The summed E-state index contributed by atoms with van der Waals surface area (Å²) in [7, 11) is 1.57. The number of thioether (sulfide) groups is 1. The Morgan fingerprint density at radius 3 is 2.69 bits per heavy atom. The highest BCUT2D eigenvalue weighted by atomic mass is 32.2. The van der Waals surface area contributed by atoms with Gasteiger partial charge in [0, 0.05) is 23.3 Å². The largest absolute Gasteiger partial charge is 0.497 e. The van der Waals surface area contributed by atoms with Crippen molar-refractivity contribution < 1.29 is 9.15 Å². The number of hydrogen-bond donors (Lipinski definition) is 1. The van der Waals surface area contributed by atoms with Gasteiger partial charge in [-0.15, -0.1) is 0 Å². The van der Waals surface area contributed by atoms with Crippen LogP contribution in [0.15, 0.2) is 56.7 Å². The van der Waals surface area contributed by atoms with Crippen LogP contribution in [-0.4, -0.2) is 12.3 Å². The molecule has 3 aromatic rings. The molecule has 0 aliphatic carbocycles. The van der Waals surface area contributed by atoms with Gasteiger partial charge in [-0.05, 0) is 54.8 Å². The molecule has 0 amide bonds. The molecule has 0 aliphatic rings. The fourth-order valence-corrected chi connectivity index (χ4v) is 3.28. The fourth-order valence-electron chi connectivity index (χ4n) is 2.56. The first-order chi connectivity index (χ1) is 12.5. The van der Waals surface area contributed by atoms with E-state index in [2.05, 4.69) is 11.9 Å². The Kier molecular flexibility index (Phi) is 5.32. The highest BCUT2D eigenvalue weighted by Crippen LogP contribution is 2.26. The van der Waals surface area contributed by atoms with Gasteiger partial charge >= 0.3 is 5.63 Å². The maximum Gasteiger partial charge on any atom is 0.336 e. The molecule has 0 radical (unpaired) electrons. The zero-order valence-electron chi connectivity index (χ0n) is 14.9. The maximum absolute atomic E-state index is 11.8. The van der Waals surface area contributed by atoms with Gasteiger partial charge in [0.2, 0.25) is 0 Å². The van der Waals surface area contributed by atoms with E-state index in [1.807, 2.05) is 37.3 Å². The topological polar surface area (TPSA) is 77.8 Å². The van der Waals surface area contributed by atoms with Crippen LogP contribution in [0.4, 0.5) is 5.69 Å². The molecule has 1 aromatic heterocycles. The third kappa shape index (κ3) is 4.08. The number of hydrogen-bond acceptors (Lipinski definition) is 5. The third-order valence-electron chi connectivity index (χ3n) is 4.14. The summed E-state index contributed by atoms with van der Waals surface area (Å²) in [6.45, 7) is 4.10. The summed E-state index contributed by atoms with van der Waals surface area (Å²) in [5, 5.41) is 1.31. The van der Waals surface area contributed by atoms with E-state index in [0.29, 0.717) is 22.3 Å². The number of aryl methyl sites for hydroxylation is 2. The Balaban J connectivity index is 1.83. The van der Waals surface area contributed by atoms with Crippen molar-refractivity contribution in [2.45, 2.75) is 19.6 Å². The molecule has 26 heavy (non-hydrogen) atoms. The fraction of sp³-hybridized carbons (Fsp3) is 0.200. The number of fused-ring (bicyclic) bond motifs is 1. The SMILES string of the molecule is COc1ccc2c(CSC(N)=Nc3ccc(C)c(C)c3)cc(=O)oc2c1. The number of amidine groups is 1. The molecule has 0 unspecified atom stereocenters. The van der Waals surface area contributed by atoms with Crippen molar-refractivity contribution in [1.29, 1.82) is 0 Å². The van der Waals surface area contributed by atoms with Crippen LogP contribution >= 0.6 is 11.8 Å². The van der Waals surface area contributed by atoms with E-state index >= 15 is 0 Å². The number of methoxy groups -OCH3 is 1. The molecule has 1 heterocycles. The highest BCUT2D eigenvalue weighted by molar-refractivity contribution is 8.13. The van der Waals surface area contributed by atoms with Crippen molar-refractivity contribution in [2.24, 2.45) is 10.7 Å². The number of nitrogens with two attached hydrogens (primary N) is 1. The van der Waals surface area contributed by atoms with Crippen molar-refractivity contribution >= 4 is 33.6 Å². The molecule has 0 spiro atoms. The maximum atomic E-state index is 11.8. The summed E-state index contributed by atoms with van der Waals surface area (Å²) in [4.78, 5) is 16.3. The van der Waals surface area contributed by atoms with Crippen LogP contribution in [-0.2, 0) is 5.75 Å². The molecule has 0 atom stereocenters. The number of aliphatic imine (C=N–C) groups is 1. The molecule has 0 bridgehead atoms. The van der Waals surface area contributed by atoms with Crippen molar-refractivity contribution in [1.82, 2.24) is 0 Å². The van der Waals surface area contributed by atoms with Gasteiger partial charge < -0.3 is 14.9 Å². The van der Waals surface area contributed by atoms with E-state index in [1.165, 1.54) is 29.0 Å². The number of benzene rings is 2. The van der Waals surface area contributed by atoms with Gasteiger partial charge in [0.05, 0.1) is 12.8 Å². The van der Waals surface area contributed by atoms with Gasteiger partial charge in [-0.3, -0.25) is 0 Å². The average Bonchev–Trinajstić information content (AvgIpc) is 2.62. The molecular formula is C20H20N2O3S. The molecular weight excluding hydrogens is 348 g/mol. The number of ether oxygens (including phenoxy) is 1. The second kappa shape index (κ2) is 7.66. The van der Waals surface area contributed by atoms with Gasteiger partial charge in [0.25, 0.3) is 0 Å². The van der Waals surface area contributed by atoms with Gasteiger partial charge in [0.1, 0.15) is 11.3 Å². The molecule has 3 rings (SSSR count). The highest BCUT2D eigenvalue weighted by Gasteiger charge is 2.08. The first kappa shape index (κ1) is 18.1. The summed E-state index contributed by atoms with van der Waals surface area (Å²) in [5.74, 6) is 1.16. The summed E-state index contributed by atoms with van der Waals surface area (Å²) < 4.78 is 10.4. The van der Waals surface area contributed by atoms with Crippen LogP contribution in [0.5, 0.6) is 5.75 Å². The Morgan fingerprint density at radius 1 is 1.15 bits per heavy atom. The van der Waals surface area contributed by atoms with Crippen molar-refractivity contribution in [3.63, 3.8) is 0 Å². The first-order valence-electron chi connectivity index (χ1n) is 8.11. The minimum absolute atomic E-state index is 0.397. The lowest BCUT2D eigenvalue weighted by Gasteiger charge is -2.07. The van der Waals surface area contributed by atoms with Crippen LogP contribution in [0.1, 0.15) is 16.7 Å². The number of rotatable bonds is 4. The lowest BCUT2D eigenvalue weighted by Crippen LogP contribution is -2.07. The van der Waals surface area contributed by atoms with Crippen LogP contribution < -0.4 is 16.1 Å². The standard InChI is InChI=1S/C20H20N2O3S/c1-12-4-5-15(8-13(12)2)22-20(21)26-11-14-9-19(23)25-18-10-16(24-3)6-7-17(14)18/h4-10H,11H2,1-3H3,(H2,21,22). The Hall–Kier alpha value is -2.73. The zero-order chi connectivity index (χ0) is 18.7. The predicted molar refractivity (Wildman–Crippen MR) is 108 cm³/mol. The van der Waals surface area contributed by atoms with Crippen molar-refractivity contribution in [2.75, 3.05) is 7.11 Å². The van der Waals surface area contributed by atoms with Gasteiger partial charge in [-0.2, -0.15) is 0 Å². The van der Waals surface area contributed by atoms with Gasteiger partial charge in [-0.25, -0.2) is 9.79 Å². The first-order valence-corrected chi connectivity index (χ1v) is 9.10. The lowest BCUT2D eigenvalue weighted by molar-refractivity contribution is 0.414. The Bertz CT molecular complexity index is 1040. The lowest BCUT2D eigenvalue weighted by atomic mass is 10.1. The molecule has 5 nitrogen and oxygen atoms in total. The van der Waals surface area contributed by atoms with Crippen LogP contribution in [0.25, 0.3) is 11.0 Å². The third-order valence-corrected chi connectivity index (χ3v) is 4.99. The average molecular weight is 368 g/mol. The van der Waals surface area contributed by atoms with Crippen LogP contribution in [0, 0.1) is 13.8 Å². The van der Waals surface area contributed by atoms with Crippen LogP contribution in [0.2, 0.25) is 0 Å². The molecule has 6 heteroatoms. The predicted octanol–water partition coefficient (Wildman–Crippen LogP) is 4.30. The number of nitrogens with zero attached hydrogens (tertiary/aromatic N) is 1. The van der Waals surface area contributed by atoms with E-state index in [9.17, 15) is 4.79 Å². The zero-order valence-corrected chi connectivity index (χ0v) is 15.7. The van der Waals surface area contributed by atoms with Crippen molar-refractivity contribution in [3.05, 3.63) is 69.6 Å². The minimum atomic E-state index is -0.397. The second-order valence-electron chi connectivity index (χ2n) is 5.96. The molecule has 2 aromatic carbocycles. The monoisotopic (exact) mass is 368 g/mol. The summed E-state index contributed by atoms with van der Waals surface area (Å²) in [5.41, 5.74) is 10.2. The molecule has 0 fully saturated rings. The molecule has 0 saturated carbocycles. The van der Waals surface area contributed by atoms with Gasteiger partial charge in [0.15, 0.2) is 5.17 Å². The van der Waals surface area contributed by atoms with E-state index < -0.39 is 5.63 Å². The normalized spacial score (nSPS) is 11.7. The summed E-state index contributed by atoms with van der Waals surface area (Å²) in [6, 6.07) is 12.9. The van der Waals surface area contributed by atoms with Crippen molar-refractivity contribution in [3.8, 4) is 5.75 Å². The smallest absolute Gasteiger partial charge is 0.336 e. The van der Waals surface area contributed by atoms with E-state index in [4.69, 9.17) is 14.9 Å². The van der Waals surface area contributed by atoms with Gasteiger partial charge in [-0.1, -0.05) is 17.8 Å². The Labute approximate surface area is 155 Å². The molecule has 0 saturated heterocycles. The molecule has 0 aliphatic heterocycles. The second-order valence-corrected chi connectivity index (χ2v) is 6.96. The summed E-state index contributed by atoms with van der Waals surface area (Å²) in [6.07, 6.45) is 0. The quantitative estimate of drug-likeness (QED) is 0.422. The Morgan fingerprint density at radius 2 is 1.96 bits per heavy atom. The minimum Gasteiger partial charge on any atom is -0.497 e.